The van der Waals surface area contributed by atoms with Crippen LogP contribution in [0.1, 0.15) is 44.2 Å². The van der Waals surface area contributed by atoms with Crippen LogP contribution in [0.4, 0.5) is 10.1 Å². The Morgan fingerprint density at radius 2 is 1.66 bits per heavy atom. The zero-order valence-corrected chi connectivity index (χ0v) is 26.2. The predicted octanol–water partition coefficient (Wildman–Crippen LogP) is 4.70. The van der Waals surface area contributed by atoms with E-state index in [1.54, 1.807) is 36.4 Å². The lowest BCUT2D eigenvalue weighted by Gasteiger charge is -2.33. The highest BCUT2D eigenvalue weighted by Gasteiger charge is 2.31. The van der Waals surface area contributed by atoms with Gasteiger partial charge in [0.05, 0.1) is 11.9 Å². The number of amides is 2. The van der Waals surface area contributed by atoms with Crippen LogP contribution in [-0.2, 0) is 32.6 Å². The van der Waals surface area contributed by atoms with Gasteiger partial charge in [0.25, 0.3) is 0 Å². The molecule has 11 heteroatoms. The van der Waals surface area contributed by atoms with E-state index in [2.05, 4.69) is 5.32 Å². The van der Waals surface area contributed by atoms with E-state index in [1.807, 2.05) is 44.2 Å². The van der Waals surface area contributed by atoms with Gasteiger partial charge in [-0.2, -0.15) is 0 Å². The van der Waals surface area contributed by atoms with Gasteiger partial charge in [-0.15, -0.1) is 0 Å². The molecule has 2 atom stereocenters. The molecule has 0 saturated carbocycles. The molecule has 1 N–H and O–H groups in total. The monoisotopic (exact) mass is 625 g/mol. The Bertz CT molecular complexity index is 1540. The highest BCUT2D eigenvalue weighted by atomic mass is 32.2. The number of halogens is 1. The third-order valence-corrected chi connectivity index (χ3v) is 8.73. The van der Waals surface area contributed by atoms with E-state index < -0.39 is 21.9 Å². The van der Waals surface area contributed by atoms with E-state index in [1.165, 1.54) is 15.3 Å². The molecule has 236 valence electrons. The maximum absolute atomic E-state index is 14.8. The number of sulfonamides is 1. The van der Waals surface area contributed by atoms with Crippen LogP contribution in [0.25, 0.3) is 0 Å². The molecule has 2 amide bonds. The molecule has 44 heavy (non-hydrogen) atoms. The summed E-state index contributed by atoms with van der Waals surface area (Å²) in [5.74, 6) is -0.211. The molecule has 1 aliphatic rings. The van der Waals surface area contributed by atoms with Crippen LogP contribution in [0.3, 0.4) is 0 Å². The number of hydrogen-bond donors (Lipinski definition) is 1. The standard InChI is InChI=1S/C33H40FN3O6S/c1-4-24(2)35-33(39)29(21-25-11-6-5-7-12-25)36(23-26-13-8-9-14-28(26)34)32(38)15-10-18-37(44(3,40)41)27-16-17-30-31(22-27)43-20-19-42-30/h5-9,11-14,16-17,22,24,29H,4,10,15,18-21,23H2,1-3H3,(H,35,39)/t24-,29-/m0/s1. The Hall–Kier alpha value is -4.12. The zero-order chi connectivity index (χ0) is 31.7. The van der Waals surface area contributed by atoms with E-state index in [4.69, 9.17) is 9.47 Å². The lowest BCUT2D eigenvalue weighted by molar-refractivity contribution is -0.141. The third kappa shape index (κ3) is 8.72. The van der Waals surface area contributed by atoms with E-state index in [-0.39, 0.29) is 55.8 Å². The molecule has 0 spiro atoms. The van der Waals surface area contributed by atoms with Gasteiger partial charge in [-0.1, -0.05) is 55.5 Å². The fourth-order valence-electron chi connectivity index (χ4n) is 5.00. The van der Waals surface area contributed by atoms with Crippen molar-refractivity contribution in [1.82, 2.24) is 10.2 Å². The maximum Gasteiger partial charge on any atom is 0.243 e. The average molecular weight is 626 g/mol. The molecule has 3 aromatic rings. The van der Waals surface area contributed by atoms with E-state index in [0.29, 0.717) is 36.8 Å². The Morgan fingerprint density at radius 1 is 0.977 bits per heavy atom. The van der Waals surface area contributed by atoms with Gasteiger partial charge in [-0.05, 0) is 43.5 Å². The smallest absolute Gasteiger partial charge is 0.243 e. The molecule has 1 aliphatic heterocycles. The number of anilines is 1. The van der Waals surface area contributed by atoms with Gasteiger partial charge in [0, 0.05) is 43.6 Å². The number of hydrogen-bond acceptors (Lipinski definition) is 6. The summed E-state index contributed by atoms with van der Waals surface area (Å²) < 4.78 is 52.8. The van der Waals surface area contributed by atoms with Crippen LogP contribution < -0.4 is 19.1 Å². The molecule has 0 bridgehead atoms. The van der Waals surface area contributed by atoms with Crippen molar-refractivity contribution in [2.45, 2.75) is 58.2 Å². The Balaban J connectivity index is 1.59. The minimum Gasteiger partial charge on any atom is -0.486 e. The molecule has 9 nitrogen and oxygen atoms in total. The summed E-state index contributed by atoms with van der Waals surface area (Å²) in [6.45, 7) is 4.51. The highest BCUT2D eigenvalue weighted by molar-refractivity contribution is 7.92. The first-order valence-electron chi connectivity index (χ1n) is 14.8. The van der Waals surface area contributed by atoms with Gasteiger partial charge < -0.3 is 19.7 Å². The maximum atomic E-state index is 14.8. The molecule has 0 aliphatic carbocycles. The van der Waals surface area contributed by atoms with Gasteiger partial charge in [0.15, 0.2) is 11.5 Å². The first-order valence-corrected chi connectivity index (χ1v) is 16.7. The Labute approximate surface area is 259 Å². The highest BCUT2D eigenvalue weighted by Crippen LogP contribution is 2.35. The second-order valence-corrected chi connectivity index (χ2v) is 12.8. The van der Waals surface area contributed by atoms with Crippen LogP contribution >= 0.6 is 0 Å². The molecule has 3 aromatic carbocycles. The largest absolute Gasteiger partial charge is 0.486 e. The predicted molar refractivity (Wildman–Crippen MR) is 168 cm³/mol. The second-order valence-electron chi connectivity index (χ2n) is 10.9. The van der Waals surface area contributed by atoms with Gasteiger partial charge in [-0.25, -0.2) is 12.8 Å². The van der Waals surface area contributed by atoms with Gasteiger partial charge in [0.2, 0.25) is 21.8 Å². The van der Waals surface area contributed by atoms with Crippen molar-refractivity contribution in [3.63, 3.8) is 0 Å². The van der Waals surface area contributed by atoms with Gasteiger partial charge >= 0.3 is 0 Å². The number of carbonyl (C=O) groups excluding carboxylic acids is 2. The molecular formula is C33H40FN3O6S. The summed E-state index contributed by atoms with van der Waals surface area (Å²) in [4.78, 5) is 29.0. The Kier molecular flexibility index (Phi) is 11.2. The normalized spacial score (nSPS) is 13.9. The number of rotatable bonds is 14. The molecule has 4 rings (SSSR count). The van der Waals surface area contributed by atoms with Crippen molar-refractivity contribution in [1.29, 1.82) is 0 Å². The van der Waals surface area contributed by atoms with Gasteiger partial charge in [0.1, 0.15) is 25.1 Å². The van der Waals surface area contributed by atoms with Crippen LogP contribution in [0.2, 0.25) is 0 Å². The third-order valence-electron chi connectivity index (χ3n) is 7.54. The number of fused-ring (bicyclic) bond motifs is 1. The summed E-state index contributed by atoms with van der Waals surface area (Å²) in [6.07, 6.45) is 2.14. The molecule has 0 unspecified atom stereocenters. The quantitative estimate of drug-likeness (QED) is 0.279. The number of nitrogens with zero attached hydrogens (tertiary/aromatic N) is 2. The van der Waals surface area contributed by atoms with Crippen LogP contribution in [-0.4, -0.2) is 63.2 Å². The number of nitrogens with one attached hydrogen (secondary N) is 1. The van der Waals surface area contributed by atoms with E-state index >= 15 is 0 Å². The first-order chi connectivity index (χ1) is 21.1. The van der Waals surface area contributed by atoms with E-state index in [0.717, 1.165) is 11.8 Å². The average Bonchev–Trinajstić information content (AvgIpc) is 3.01. The lowest BCUT2D eigenvalue weighted by Crippen LogP contribution is -2.52. The summed E-state index contributed by atoms with van der Waals surface area (Å²) in [5.41, 5.74) is 1.52. The zero-order valence-electron chi connectivity index (χ0n) is 25.4. The van der Waals surface area contributed by atoms with Crippen molar-refractivity contribution >= 4 is 27.5 Å². The Morgan fingerprint density at radius 3 is 2.34 bits per heavy atom. The van der Waals surface area contributed by atoms with Crippen molar-refractivity contribution in [3.05, 3.63) is 89.7 Å². The fourth-order valence-corrected chi connectivity index (χ4v) is 5.95. The molecular weight excluding hydrogens is 585 g/mol. The molecule has 0 radical (unpaired) electrons. The van der Waals surface area contributed by atoms with Crippen molar-refractivity contribution < 1.29 is 31.9 Å². The minimum atomic E-state index is -3.71. The molecule has 0 saturated heterocycles. The van der Waals surface area contributed by atoms with Crippen molar-refractivity contribution in [2.24, 2.45) is 0 Å². The van der Waals surface area contributed by atoms with Crippen molar-refractivity contribution in [2.75, 3.05) is 30.3 Å². The number of ether oxygens (including phenoxy) is 2. The summed E-state index contributed by atoms with van der Waals surface area (Å²) in [6, 6.07) is 19.4. The summed E-state index contributed by atoms with van der Waals surface area (Å²) in [5, 5.41) is 2.99. The second kappa shape index (κ2) is 15.1. The summed E-state index contributed by atoms with van der Waals surface area (Å²) >= 11 is 0. The van der Waals surface area contributed by atoms with Crippen LogP contribution in [0.5, 0.6) is 11.5 Å². The summed E-state index contributed by atoms with van der Waals surface area (Å²) in [7, 11) is -3.71. The van der Waals surface area contributed by atoms with Crippen molar-refractivity contribution in [3.8, 4) is 11.5 Å². The molecule has 1 heterocycles. The van der Waals surface area contributed by atoms with Crippen LogP contribution in [0.15, 0.2) is 72.8 Å². The minimum absolute atomic E-state index is 0.0141. The number of carbonyl (C=O) groups is 2. The molecule has 0 fully saturated rings. The fraction of sp³-hybridized carbons (Fsp3) is 0.394. The number of benzene rings is 3. The SMILES string of the molecule is CC[C@H](C)NC(=O)[C@H](Cc1ccccc1)N(Cc1ccccc1F)C(=O)CCCN(c1ccc2c(c1)OCCO2)S(C)(=O)=O. The molecule has 0 aromatic heterocycles. The van der Waals surface area contributed by atoms with Gasteiger partial charge in [-0.3, -0.25) is 13.9 Å². The van der Waals surface area contributed by atoms with E-state index in [9.17, 15) is 22.4 Å². The topological polar surface area (TPSA) is 105 Å². The lowest BCUT2D eigenvalue weighted by atomic mass is 10.0. The van der Waals surface area contributed by atoms with Crippen LogP contribution in [0, 0.1) is 5.82 Å². The first kappa shape index (κ1) is 32.8.